The first-order valence-electron chi connectivity index (χ1n) is 7.37. The molecular formula is C17H27P. The average Bonchev–Trinajstić information content (AvgIpc) is 2.38. The van der Waals surface area contributed by atoms with E-state index in [1.807, 2.05) is 0 Å². The SMILES string of the molecule is CC(C)[C@@H]1CC[C@@H](C)C[C@H]1P(C)c1ccccc1. The van der Waals surface area contributed by atoms with Gasteiger partial charge in [-0.15, -0.1) is 0 Å². The first-order valence-corrected chi connectivity index (χ1v) is 9.23. The Bertz CT molecular complexity index is 357. The molecule has 1 heteroatoms. The fourth-order valence-corrected chi connectivity index (χ4v) is 6.22. The van der Waals surface area contributed by atoms with Crippen LogP contribution in [0, 0.1) is 17.8 Å². The van der Waals surface area contributed by atoms with Crippen LogP contribution in [0.2, 0.25) is 0 Å². The molecule has 0 aliphatic heterocycles. The molecular weight excluding hydrogens is 235 g/mol. The Morgan fingerprint density at radius 1 is 1.11 bits per heavy atom. The van der Waals surface area contributed by atoms with E-state index in [1.54, 1.807) is 5.30 Å². The Morgan fingerprint density at radius 2 is 1.78 bits per heavy atom. The average molecular weight is 262 g/mol. The number of hydrogen-bond acceptors (Lipinski definition) is 0. The van der Waals surface area contributed by atoms with E-state index < -0.39 is 0 Å². The van der Waals surface area contributed by atoms with E-state index in [2.05, 4.69) is 57.8 Å². The summed E-state index contributed by atoms with van der Waals surface area (Å²) in [6.45, 7) is 9.78. The van der Waals surface area contributed by atoms with E-state index in [-0.39, 0.29) is 7.92 Å². The van der Waals surface area contributed by atoms with E-state index in [4.69, 9.17) is 0 Å². The highest BCUT2D eigenvalue weighted by molar-refractivity contribution is 7.65. The van der Waals surface area contributed by atoms with Gasteiger partial charge in [0, 0.05) is 0 Å². The van der Waals surface area contributed by atoms with Gasteiger partial charge < -0.3 is 0 Å². The first kappa shape index (κ1) is 14.1. The lowest BCUT2D eigenvalue weighted by Gasteiger charge is -2.41. The number of hydrogen-bond donors (Lipinski definition) is 0. The van der Waals surface area contributed by atoms with Crippen LogP contribution >= 0.6 is 7.92 Å². The second-order valence-corrected chi connectivity index (χ2v) is 8.74. The predicted molar refractivity (Wildman–Crippen MR) is 84.1 cm³/mol. The van der Waals surface area contributed by atoms with Crippen LogP contribution in [0.3, 0.4) is 0 Å². The minimum Gasteiger partial charge on any atom is -0.0750 e. The van der Waals surface area contributed by atoms with Crippen LogP contribution in [0.25, 0.3) is 0 Å². The van der Waals surface area contributed by atoms with Gasteiger partial charge in [-0.1, -0.05) is 65.4 Å². The minimum absolute atomic E-state index is 0.00778. The Kier molecular flexibility index (Phi) is 4.84. The lowest BCUT2D eigenvalue weighted by atomic mass is 9.77. The van der Waals surface area contributed by atoms with Gasteiger partial charge in [0.15, 0.2) is 0 Å². The topological polar surface area (TPSA) is 0 Å². The summed E-state index contributed by atoms with van der Waals surface area (Å²) in [5.74, 6) is 2.72. The van der Waals surface area contributed by atoms with Crippen molar-refractivity contribution in [1.82, 2.24) is 0 Å². The molecule has 0 amide bonds. The standard InChI is InChI=1S/C17H27P/c1-13(2)16-11-10-14(3)12-17(16)18(4)15-8-6-5-7-9-15/h5-9,13-14,16-17H,10-12H2,1-4H3/t14-,16+,17-,18?/m1/s1. The summed E-state index contributed by atoms with van der Waals surface area (Å²) in [5, 5.41) is 1.59. The normalized spacial score (nSPS) is 30.4. The number of benzene rings is 1. The molecule has 1 aliphatic rings. The molecule has 0 bridgehead atoms. The van der Waals surface area contributed by atoms with E-state index in [0.717, 1.165) is 23.4 Å². The van der Waals surface area contributed by atoms with Crippen LogP contribution in [0.1, 0.15) is 40.0 Å². The molecule has 0 N–H and O–H groups in total. The van der Waals surface area contributed by atoms with Crippen molar-refractivity contribution in [2.24, 2.45) is 17.8 Å². The molecule has 0 spiro atoms. The maximum absolute atomic E-state index is 2.50. The van der Waals surface area contributed by atoms with E-state index >= 15 is 0 Å². The van der Waals surface area contributed by atoms with Crippen molar-refractivity contribution in [3.05, 3.63) is 30.3 Å². The predicted octanol–water partition coefficient (Wildman–Crippen LogP) is 4.88. The summed E-state index contributed by atoms with van der Waals surface area (Å²) in [6.07, 6.45) is 4.33. The monoisotopic (exact) mass is 262 g/mol. The van der Waals surface area contributed by atoms with Crippen LogP contribution in [0.5, 0.6) is 0 Å². The zero-order valence-electron chi connectivity index (χ0n) is 12.3. The third kappa shape index (κ3) is 3.15. The highest BCUT2D eigenvalue weighted by Crippen LogP contribution is 2.50. The van der Waals surface area contributed by atoms with Crippen molar-refractivity contribution >= 4 is 13.2 Å². The van der Waals surface area contributed by atoms with Gasteiger partial charge in [0.25, 0.3) is 0 Å². The lowest BCUT2D eigenvalue weighted by Crippen LogP contribution is -2.32. The quantitative estimate of drug-likeness (QED) is 0.681. The van der Waals surface area contributed by atoms with Crippen LogP contribution in [0.15, 0.2) is 30.3 Å². The fourth-order valence-electron chi connectivity index (χ4n) is 3.45. The first-order chi connectivity index (χ1) is 8.59. The van der Waals surface area contributed by atoms with Crippen LogP contribution < -0.4 is 5.30 Å². The Morgan fingerprint density at radius 3 is 2.39 bits per heavy atom. The van der Waals surface area contributed by atoms with Crippen molar-refractivity contribution in [2.75, 3.05) is 6.66 Å². The zero-order chi connectivity index (χ0) is 13.1. The Balaban J connectivity index is 2.17. The lowest BCUT2D eigenvalue weighted by molar-refractivity contribution is 0.242. The molecule has 0 aromatic heterocycles. The van der Waals surface area contributed by atoms with Crippen molar-refractivity contribution in [3.63, 3.8) is 0 Å². The molecule has 1 fully saturated rings. The van der Waals surface area contributed by atoms with Gasteiger partial charge in [-0.2, -0.15) is 0 Å². The molecule has 0 heterocycles. The third-order valence-electron chi connectivity index (χ3n) is 4.65. The third-order valence-corrected chi connectivity index (χ3v) is 7.35. The van der Waals surface area contributed by atoms with Gasteiger partial charge in [-0.25, -0.2) is 0 Å². The molecule has 0 saturated heterocycles. The minimum atomic E-state index is 0.00778. The second kappa shape index (κ2) is 6.20. The van der Waals surface area contributed by atoms with Crippen molar-refractivity contribution in [1.29, 1.82) is 0 Å². The molecule has 1 aromatic carbocycles. The summed E-state index contributed by atoms with van der Waals surface area (Å²) in [7, 11) is 0.00778. The maximum atomic E-state index is 2.50. The van der Waals surface area contributed by atoms with Crippen molar-refractivity contribution < 1.29 is 0 Å². The highest BCUT2D eigenvalue weighted by Gasteiger charge is 2.34. The maximum Gasteiger partial charge on any atom is -0.0138 e. The summed E-state index contributed by atoms with van der Waals surface area (Å²) >= 11 is 0. The Hall–Kier alpha value is -0.350. The molecule has 100 valence electrons. The molecule has 1 unspecified atom stereocenters. The van der Waals surface area contributed by atoms with Crippen LogP contribution in [0.4, 0.5) is 0 Å². The number of rotatable bonds is 3. The van der Waals surface area contributed by atoms with Crippen molar-refractivity contribution in [2.45, 2.75) is 45.7 Å². The molecule has 18 heavy (non-hydrogen) atoms. The summed E-state index contributed by atoms with van der Waals surface area (Å²) in [4.78, 5) is 0. The second-order valence-electron chi connectivity index (χ2n) is 6.34. The molecule has 1 saturated carbocycles. The summed E-state index contributed by atoms with van der Waals surface area (Å²) < 4.78 is 0. The highest BCUT2D eigenvalue weighted by atomic mass is 31.1. The Labute approximate surface area is 114 Å². The molecule has 4 atom stereocenters. The molecule has 1 aromatic rings. The molecule has 1 aliphatic carbocycles. The van der Waals surface area contributed by atoms with E-state index in [0.29, 0.717) is 0 Å². The molecule has 2 rings (SSSR count). The van der Waals surface area contributed by atoms with Gasteiger partial charge in [-0.05, 0) is 48.2 Å². The van der Waals surface area contributed by atoms with Gasteiger partial charge in [0.1, 0.15) is 0 Å². The zero-order valence-corrected chi connectivity index (χ0v) is 13.2. The van der Waals surface area contributed by atoms with Crippen LogP contribution in [-0.4, -0.2) is 12.3 Å². The summed E-state index contributed by atoms with van der Waals surface area (Å²) in [6, 6.07) is 11.2. The summed E-state index contributed by atoms with van der Waals surface area (Å²) in [5.41, 5.74) is 0.936. The smallest absolute Gasteiger partial charge is 0.0138 e. The largest absolute Gasteiger partial charge is 0.0750 e. The van der Waals surface area contributed by atoms with Gasteiger partial charge in [0.2, 0.25) is 0 Å². The van der Waals surface area contributed by atoms with Gasteiger partial charge in [0.05, 0.1) is 0 Å². The van der Waals surface area contributed by atoms with E-state index in [1.165, 1.54) is 19.3 Å². The van der Waals surface area contributed by atoms with Crippen molar-refractivity contribution in [3.8, 4) is 0 Å². The molecule has 0 radical (unpaired) electrons. The van der Waals surface area contributed by atoms with Gasteiger partial charge in [-0.3, -0.25) is 0 Å². The van der Waals surface area contributed by atoms with Crippen LogP contribution in [-0.2, 0) is 0 Å². The molecule has 0 nitrogen and oxygen atoms in total. The van der Waals surface area contributed by atoms with Gasteiger partial charge >= 0.3 is 0 Å². The van der Waals surface area contributed by atoms with E-state index in [9.17, 15) is 0 Å². The fraction of sp³-hybridized carbons (Fsp3) is 0.647.